The van der Waals surface area contributed by atoms with Gasteiger partial charge in [0, 0.05) is 25.0 Å². The molecule has 2 rings (SSSR count). The van der Waals surface area contributed by atoms with E-state index >= 15 is 0 Å². The van der Waals surface area contributed by atoms with Crippen LogP contribution < -0.4 is 5.32 Å². The van der Waals surface area contributed by atoms with E-state index in [1.807, 2.05) is 13.2 Å². The van der Waals surface area contributed by atoms with Gasteiger partial charge in [0.15, 0.2) is 0 Å². The SMILES string of the molecule is CNC(c1cnn(C)c1)c1ncccc1F. The van der Waals surface area contributed by atoms with Crippen molar-refractivity contribution >= 4 is 0 Å². The number of halogens is 1. The van der Waals surface area contributed by atoms with Gasteiger partial charge in [-0.2, -0.15) is 5.10 Å². The number of nitrogens with zero attached hydrogens (tertiary/aromatic N) is 3. The zero-order valence-electron chi connectivity index (χ0n) is 9.18. The molecule has 0 fully saturated rings. The second-order valence-corrected chi connectivity index (χ2v) is 3.54. The summed E-state index contributed by atoms with van der Waals surface area (Å²) in [5.74, 6) is -0.314. The van der Waals surface area contributed by atoms with Crippen LogP contribution in [-0.2, 0) is 7.05 Å². The minimum absolute atomic E-state index is 0.269. The minimum atomic E-state index is -0.314. The second-order valence-electron chi connectivity index (χ2n) is 3.54. The van der Waals surface area contributed by atoms with E-state index in [1.54, 1.807) is 30.2 Å². The Morgan fingerprint density at radius 3 is 2.88 bits per heavy atom. The van der Waals surface area contributed by atoms with Crippen LogP contribution in [0.15, 0.2) is 30.7 Å². The first-order valence-electron chi connectivity index (χ1n) is 4.98. The number of hydrogen-bond acceptors (Lipinski definition) is 3. The fraction of sp³-hybridized carbons (Fsp3) is 0.273. The van der Waals surface area contributed by atoms with E-state index in [-0.39, 0.29) is 11.9 Å². The summed E-state index contributed by atoms with van der Waals surface area (Å²) in [5, 5.41) is 7.10. The van der Waals surface area contributed by atoms with Gasteiger partial charge in [-0.05, 0) is 19.2 Å². The van der Waals surface area contributed by atoms with E-state index in [0.29, 0.717) is 5.69 Å². The molecule has 0 bridgehead atoms. The molecular formula is C11H13FN4. The van der Waals surface area contributed by atoms with Crippen LogP contribution in [0.25, 0.3) is 0 Å². The average molecular weight is 220 g/mol. The average Bonchev–Trinajstić information content (AvgIpc) is 2.69. The van der Waals surface area contributed by atoms with Crippen molar-refractivity contribution in [2.75, 3.05) is 7.05 Å². The van der Waals surface area contributed by atoms with Crippen LogP contribution in [-0.4, -0.2) is 21.8 Å². The molecular weight excluding hydrogens is 207 g/mol. The third-order valence-electron chi connectivity index (χ3n) is 2.41. The number of pyridine rings is 1. The Balaban J connectivity index is 2.40. The van der Waals surface area contributed by atoms with E-state index in [4.69, 9.17) is 0 Å². The summed E-state index contributed by atoms with van der Waals surface area (Å²) in [5.41, 5.74) is 1.28. The van der Waals surface area contributed by atoms with Crippen molar-refractivity contribution in [3.63, 3.8) is 0 Å². The van der Waals surface area contributed by atoms with Gasteiger partial charge in [-0.15, -0.1) is 0 Å². The molecule has 2 aromatic rings. The van der Waals surface area contributed by atoms with E-state index in [0.717, 1.165) is 5.56 Å². The summed E-state index contributed by atoms with van der Waals surface area (Å²) in [4.78, 5) is 4.06. The van der Waals surface area contributed by atoms with Crippen molar-refractivity contribution in [2.45, 2.75) is 6.04 Å². The van der Waals surface area contributed by atoms with Gasteiger partial charge in [0.1, 0.15) is 5.82 Å². The summed E-state index contributed by atoms with van der Waals surface area (Å²) >= 11 is 0. The van der Waals surface area contributed by atoms with Crippen LogP contribution in [0.1, 0.15) is 17.3 Å². The van der Waals surface area contributed by atoms with E-state index in [9.17, 15) is 4.39 Å². The first-order valence-corrected chi connectivity index (χ1v) is 4.98. The number of aryl methyl sites for hydroxylation is 1. The van der Waals surface area contributed by atoms with E-state index in [2.05, 4.69) is 15.4 Å². The number of aromatic nitrogens is 3. The highest BCUT2D eigenvalue weighted by atomic mass is 19.1. The number of nitrogens with one attached hydrogen (secondary N) is 1. The van der Waals surface area contributed by atoms with Gasteiger partial charge in [0.2, 0.25) is 0 Å². The van der Waals surface area contributed by atoms with Crippen molar-refractivity contribution in [3.05, 3.63) is 47.8 Å². The molecule has 84 valence electrons. The molecule has 0 saturated carbocycles. The lowest BCUT2D eigenvalue weighted by molar-refractivity contribution is 0.559. The smallest absolute Gasteiger partial charge is 0.146 e. The Labute approximate surface area is 93.1 Å². The third kappa shape index (κ3) is 1.94. The molecule has 2 heterocycles. The molecule has 1 unspecified atom stereocenters. The van der Waals surface area contributed by atoms with Gasteiger partial charge in [-0.1, -0.05) is 0 Å². The van der Waals surface area contributed by atoms with Crippen LogP contribution in [0.5, 0.6) is 0 Å². The highest BCUT2D eigenvalue weighted by molar-refractivity contribution is 5.24. The molecule has 0 aromatic carbocycles. The predicted molar refractivity (Wildman–Crippen MR) is 58.3 cm³/mol. The van der Waals surface area contributed by atoms with Gasteiger partial charge >= 0.3 is 0 Å². The normalized spacial score (nSPS) is 12.7. The first-order chi connectivity index (χ1) is 7.72. The van der Waals surface area contributed by atoms with Gasteiger partial charge in [0.05, 0.1) is 17.9 Å². The molecule has 0 spiro atoms. The molecule has 16 heavy (non-hydrogen) atoms. The Morgan fingerprint density at radius 1 is 1.50 bits per heavy atom. The maximum Gasteiger partial charge on any atom is 0.146 e. The lowest BCUT2D eigenvalue weighted by atomic mass is 10.1. The zero-order chi connectivity index (χ0) is 11.5. The summed E-state index contributed by atoms with van der Waals surface area (Å²) < 4.78 is 15.3. The Bertz CT molecular complexity index is 480. The third-order valence-corrected chi connectivity index (χ3v) is 2.41. The topological polar surface area (TPSA) is 42.7 Å². The molecule has 4 nitrogen and oxygen atoms in total. The maximum atomic E-state index is 13.6. The van der Waals surface area contributed by atoms with Gasteiger partial charge in [-0.25, -0.2) is 4.39 Å². The summed E-state index contributed by atoms with van der Waals surface area (Å²) in [6.45, 7) is 0. The largest absolute Gasteiger partial charge is 0.308 e. The Morgan fingerprint density at radius 2 is 2.31 bits per heavy atom. The van der Waals surface area contributed by atoms with Crippen LogP contribution in [0.4, 0.5) is 4.39 Å². The molecule has 0 aliphatic heterocycles. The van der Waals surface area contributed by atoms with Crippen molar-refractivity contribution in [2.24, 2.45) is 7.05 Å². The fourth-order valence-electron chi connectivity index (χ4n) is 1.66. The molecule has 5 heteroatoms. The summed E-state index contributed by atoms with van der Waals surface area (Å²) in [6.07, 6.45) is 5.13. The van der Waals surface area contributed by atoms with Crippen molar-refractivity contribution < 1.29 is 4.39 Å². The molecule has 2 aromatic heterocycles. The molecule has 0 aliphatic rings. The first kappa shape index (κ1) is 10.8. The quantitative estimate of drug-likeness (QED) is 0.846. The highest BCUT2D eigenvalue weighted by Crippen LogP contribution is 2.21. The van der Waals surface area contributed by atoms with Crippen LogP contribution >= 0.6 is 0 Å². The lowest BCUT2D eigenvalue weighted by Crippen LogP contribution is -2.19. The predicted octanol–water partition coefficient (Wildman–Crippen LogP) is 1.26. The molecule has 1 atom stereocenters. The highest BCUT2D eigenvalue weighted by Gasteiger charge is 2.18. The number of hydrogen-bond donors (Lipinski definition) is 1. The molecule has 0 aliphatic carbocycles. The summed E-state index contributed by atoms with van der Waals surface area (Å²) in [6, 6.07) is 2.72. The summed E-state index contributed by atoms with van der Waals surface area (Å²) in [7, 11) is 3.59. The van der Waals surface area contributed by atoms with Gasteiger partial charge < -0.3 is 5.32 Å². The Kier molecular flexibility index (Phi) is 2.96. The van der Waals surface area contributed by atoms with E-state index < -0.39 is 0 Å². The molecule has 1 N–H and O–H groups in total. The second kappa shape index (κ2) is 4.40. The van der Waals surface area contributed by atoms with E-state index in [1.165, 1.54) is 6.07 Å². The maximum absolute atomic E-state index is 13.6. The monoisotopic (exact) mass is 220 g/mol. The van der Waals surface area contributed by atoms with Crippen LogP contribution in [0.3, 0.4) is 0 Å². The molecule has 0 amide bonds. The standard InChI is InChI=1S/C11H13FN4/c1-13-10(8-6-15-16(2)7-8)11-9(12)4-3-5-14-11/h3-7,10,13H,1-2H3. The lowest BCUT2D eigenvalue weighted by Gasteiger charge is -2.14. The van der Waals surface area contributed by atoms with Gasteiger partial charge in [-0.3, -0.25) is 9.67 Å². The van der Waals surface area contributed by atoms with Gasteiger partial charge in [0.25, 0.3) is 0 Å². The fourth-order valence-corrected chi connectivity index (χ4v) is 1.66. The van der Waals surface area contributed by atoms with Crippen molar-refractivity contribution in [1.82, 2.24) is 20.1 Å². The van der Waals surface area contributed by atoms with Crippen LogP contribution in [0, 0.1) is 5.82 Å². The van der Waals surface area contributed by atoms with Crippen molar-refractivity contribution in [1.29, 1.82) is 0 Å². The molecule has 0 radical (unpaired) electrons. The Hall–Kier alpha value is -1.75. The van der Waals surface area contributed by atoms with Crippen molar-refractivity contribution in [3.8, 4) is 0 Å². The van der Waals surface area contributed by atoms with Crippen LogP contribution in [0.2, 0.25) is 0 Å². The number of rotatable bonds is 3. The minimum Gasteiger partial charge on any atom is -0.308 e. The molecule has 0 saturated heterocycles. The zero-order valence-corrected chi connectivity index (χ0v) is 9.18.